The normalized spacial score (nSPS) is 14.3. The van der Waals surface area contributed by atoms with E-state index in [4.69, 9.17) is 0 Å². The van der Waals surface area contributed by atoms with E-state index in [2.05, 4.69) is 25.4 Å². The summed E-state index contributed by atoms with van der Waals surface area (Å²) in [6.07, 6.45) is 6.88. The van der Waals surface area contributed by atoms with Crippen molar-refractivity contribution in [3.8, 4) is 0 Å². The molecule has 2 aromatic rings. The van der Waals surface area contributed by atoms with Crippen LogP contribution in [-0.4, -0.2) is 30.6 Å². The van der Waals surface area contributed by atoms with E-state index in [-0.39, 0.29) is 12.5 Å². The first-order valence-corrected chi connectivity index (χ1v) is 6.21. The average Bonchev–Trinajstić information content (AvgIpc) is 3.16. The van der Waals surface area contributed by atoms with E-state index >= 15 is 0 Å². The molecule has 7 heteroatoms. The standard InChI is InChI=1S/C12H14N6O/c19-12(5-18-8-13-6-17-18)14-4-10-3-11(9-1-2-9)16-7-15-10/h3,6-9H,1-2,4-5H2,(H,14,19). The van der Waals surface area contributed by atoms with Crippen LogP contribution in [0.5, 0.6) is 0 Å². The third-order valence-electron chi connectivity index (χ3n) is 2.98. The maximum absolute atomic E-state index is 11.7. The molecule has 3 rings (SSSR count). The lowest BCUT2D eigenvalue weighted by Crippen LogP contribution is -2.27. The molecule has 1 amide bonds. The molecule has 0 saturated heterocycles. The number of rotatable bonds is 5. The Hall–Kier alpha value is -2.31. The minimum atomic E-state index is -0.114. The van der Waals surface area contributed by atoms with E-state index in [0.29, 0.717) is 12.5 Å². The van der Waals surface area contributed by atoms with Crippen molar-refractivity contribution in [3.05, 3.63) is 36.4 Å². The highest BCUT2D eigenvalue weighted by atomic mass is 16.2. The minimum Gasteiger partial charge on any atom is -0.349 e. The summed E-state index contributed by atoms with van der Waals surface area (Å²) in [7, 11) is 0. The molecule has 0 unspecified atom stereocenters. The largest absolute Gasteiger partial charge is 0.349 e. The Kier molecular flexibility index (Phi) is 3.18. The first-order valence-electron chi connectivity index (χ1n) is 6.21. The van der Waals surface area contributed by atoms with Crippen molar-refractivity contribution >= 4 is 5.91 Å². The summed E-state index contributed by atoms with van der Waals surface area (Å²) in [6.45, 7) is 0.580. The van der Waals surface area contributed by atoms with Crippen LogP contribution in [0.1, 0.15) is 30.1 Å². The van der Waals surface area contributed by atoms with Crippen molar-refractivity contribution in [2.24, 2.45) is 0 Å². The molecular weight excluding hydrogens is 244 g/mol. The molecule has 0 bridgehead atoms. The van der Waals surface area contributed by atoms with Gasteiger partial charge in [-0.25, -0.2) is 19.6 Å². The fraction of sp³-hybridized carbons (Fsp3) is 0.417. The molecule has 1 saturated carbocycles. The minimum absolute atomic E-state index is 0.114. The topological polar surface area (TPSA) is 85.6 Å². The number of aromatic nitrogens is 5. The Morgan fingerprint density at radius 1 is 1.37 bits per heavy atom. The highest BCUT2D eigenvalue weighted by molar-refractivity contribution is 5.75. The summed E-state index contributed by atoms with van der Waals surface area (Å²) >= 11 is 0. The van der Waals surface area contributed by atoms with Crippen LogP contribution in [0, 0.1) is 0 Å². The van der Waals surface area contributed by atoms with Crippen LogP contribution in [-0.2, 0) is 17.9 Å². The van der Waals surface area contributed by atoms with Gasteiger partial charge in [0.05, 0.1) is 12.2 Å². The smallest absolute Gasteiger partial charge is 0.242 e. The molecule has 2 heterocycles. The van der Waals surface area contributed by atoms with Gasteiger partial charge < -0.3 is 5.32 Å². The van der Waals surface area contributed by atoms with Crippen molar-refractivity contribution in [2.75, 3.05) is 0 Å². The van der Waals surface area contributed by atoms with Crippen LogP contribution in [0.25, 0.3) is 0 Å². The maximum Gasteiger partial charge on any atom is 0.242 e. The maximum atomic E-state index is 11.7. The zero-order valence-electron chi connectivity index (χ0n) is 10.4. The Morgan fingerprint density at radius 3 is 3.00 bits per heavy atom. The molecule has 1 N–H and O–H groups in total. The molecule has 2 aromatic heterocycles. The molecule has 1 aliphatic carbocycles. The Morgan fingerprint density at radius 2 is 2.26 bits per heavy atom. The molecule has 1 aliphatic rings. The highest BCUT2D eigenvalue weighted by Gasteiger charge is 2.25. The van der Waals surface area contributed by atoms with E-state index in [1.165, 1.54) is 30.2 Å². The number of carbonyl (C=O) groups is 1. The first kappa shape index (κ1) is 11.8. The molecule has 98 valence electrons. The van der Waals surface area contributed by atoms with Gasteiger partial charge in [-0.3, -0.25) is 4.79 Å². The second-order valence-corrected chi connectivity index (χ2v) is 4.58. The predicted molar refractivity (Wildman–Crippen MR) is 65.9 cm³/mol. The van der Waals surface area contributed by atoms with Gasteiger partial charge in [-0.05, 0) is 18.9 Å². The van der Waals surface area contributed by atoms with Crippen LogP contribution >= 0.6 is 0 Å². The van der Waals surface area contributed by atoms with Crippen molar-refractivity contribution in [1.82, 2.24) is 30.0 Å². The molecule has 1 fully saturated rings. The van der Waals surface area contributed by atoms with Gasteiger partial charge in [-0.2, -0.15) is 5.10 Å². The number of amides is 1. The van der Waals surface area contributed by atoms with Crippen molar-refractivity contribution in [3.63, 3.8) is 0 Å². The molecule has 7 nitrogen and oxygen atoms in total. The molecule has 0 spiro atoms. The van der Waals surface area contributed by atoms with Gasteiger partial charge in [0.1, 0.15) is 25.5 Å². The van der Waals surface area contributed by atoms with E-state index in [9.17, 15) is 4.79 Å². The molecule has 0 aromatic carbocycles. The molecule has 0 radical (unpaired) electrons. The summed E-state index contributed by atoms with van der Waals surface area (Å²) in [6, 6.07) is 1.97. The summed E-state index contributed by atoms with van der Waals surface area (Å²) in [5.74, 6) is 0.477. The first-order chi connectivity index (χ1) is 9.31. The number of nitrogens with one attached hydrogen (secondary N) is 1. The fourth-order valence-electron chi connectivity index (χ4n) is 1.82. The second-order valence-electron chi connectivity index (χ2n) is 4.58. The Bertz CT molecular complexity index is 563. The number of carbonyl (C=O) groups excluding carboxylic acids is 1. The number of hydrogen-bond acceptors (Lipinski definition) is 5. The van der Waals surface area contributed by atoms with Gasteiger partial charge in [0, 0.05) is 11.6 Å². The van der Waals surface area contributed by atoms with Crippen LogP contribution in [0.15, 0.2) is 25.0 Å². The quantitative estimate of drug-likeness (QED) is 0.831. The van der Waals surface area contributed by atoms with Crippen LogP contribution in [0.3, 0.4) is 0 Å². The summed E-state index contributed by atoms with van der Waals surface area (Å²) in [4.78, 5) is 23.9. The zero-order chi connectivity index (χ0) is 13.1. The van der Waals surface area contributed by atoms with Crippen LogP contribution in [0.4, 0.5) is 0 Å². The Balaban J connectivity index is 1.53. The highest BCUT2D eigenvalue weighted by Crippen LogP contribution is 2.38. The Labute approximate surface area is 110 Å². The second kappa shape index (κ2) is 5.13. The van der Waals surface area contributed by atoms with Gasteiger partial charge in [-0.1, -0.05) is 0 Å². The van der Waals surface area contributed by atoms with Crippen LogP contribution in [0.2, 0.25) is 0 Å². The summed E-state index contributed by atoms with van der Waals surface area (Å²) in [5.41, 5.74) is 1.92. The molecule has 19 heavy (non-hydrogen) atoms. The van der Waals surface area contributed by atoms with Crippen molar-refractivity contribution in [1.29, 1.82) is 0 Å². The fourth-order valence-corrected chi connectivity index (χ4v) is 1.82. The molecular formula is C12H14N6O. The lowest BCUT2D eigenvalue weighted by atomic mass is 10.2. The van der Waals surface area contributed by atoms with Crippen molar-refractivity contribution in [2.45, 2.75) is 31.8 Å². The molecule has 0 aliphatic heterocycles. The van der Waals surface area contributed by atoms with E-state index in [0.717, 1.165) is 11.4 Å². The monoisotopic (exact) mass is 258 g/mol. The van der Waals surface area contributed by atoms with Gasteiger partial charge in [0.25, 0.3) is 0 Å². The SMILES string of the molecule is O=C(Cn1cncn1)NCc1cc(C2CC2)ncn1. The van der Waals surface area contributed by atoms with Gasteiger partial charge >= 0.3 is 0 Å². The zero-order valence-corrected chi connectivity index (χ0v) is 10.4. The van der Waals surface area contributed by atoms with E-state index in [1.54, 1.807) is 6.33 Å². The summed E-state index contributed by atoms with van der Waals surface area (Å²) in [5, 5.41) is 6.68. The van der Waals surface area contributed by atoms with E-state index in [1.807, 2.05) is 6.07 Å². The van der Waals surface area contributed by atoms with Crippen LogP contribution < -0.4 is 5.32 Å². The third kappa shape index (κ3) is 3.12. The lowest BCUT2D eigenvalue weighted by Gasteiger charge is -2.05. The lowest BCUT2D eigenvalue weighted by molar-refractivity contribution is -0.122. The van der Waals surface area contributed by atoms with E-state index < -0.39 is 0 Å². The van der Waals surface area contributed by atoms with Crippen molar-refractivity contribution < 1.29 is 4.79 Å². The number of hydrogen-bond donors (Lipinski definition) is 1. The van der Waals surface area contributed by atoms with Gasteiger partial charge in [0.2, 0.25) is 5.91 Å². The predicted octanol–water partition coefficient (Wildman–Crippen LogP) is 0.262. The van der Waals surface area contributed by atoms with Gasteiger partial charge in [-0.15, -0.1) is 0 Å². The summed E-state index contributed by atoms with van der Waals surface area (Å²) < 4.78 is 1.48. The third-order valence-corrected chi connectivity index (χ3v) is 2.98. The number of nitrogens with zero attached hydrogens (tertiary/aromatic N) is 5. The average molecular weight is 258 g/mol. The van der Waals surface area contributed by atoms with Gasteiger partial charge in [0.15, 0.2) is 0 Å². The molecule has 0 atom stereocenters.